The molecule has 0 saturated carbocycles. The van der Waals surface area contributed by atoms with Gasteiger partial charge in [-0.15, -0.1) is 0 Å². The maximum atomic E-state index is 13.9. The number of carbonyl (C=O) groups is 1. The number of nitrogens with one attached hydrogen (secondary N) is 4. The Kier molecular flexibility index (Phi) is 4.70. The first-order chi connectivity index (χ1) is 13.6. The highest BCUT2D eigenvalue weighted by Gasteiger charge is 2.57. The van der Waals surface area contributed by atoms with Gasteiger partial charge in [0.05, 0.1) is 18.2 Å². The van der Waals surface area contributed by atoms with Gasteiger partial charge in [-0.05, 0) is 38.1 Å². The quantitative estimate of drug-likeness (QED) is 0.542. The summed E-state index contributed by atoms with van der Waals surface area (Å²) in [4.78, 5) is 14.7. The smallest absolute Gasteiger partial charge is 0.340 e. The molecular formula is C20H32F3N5O. The highest BCUT2D eigenvalue weighted by molar-refractivity contribution is 5.85. The molecule has 0 aromatic carbocycles. The van der Waals surface area contributed by atoms with Crippen molar-refractivity contribution >= 4 is 5.91 Å². The van der Waals surface area contributed by atoms with Gasteiger partial charge in [-0.1, -0.05) is 13.8 Å². The summed E-state index contributed by atoms with van der Waals surface area (Å²) in [7, 11) is 0. The number of rotatable bonds is 2. The van der Waals surface area contributed by atoms with Crippen LogP contribution in [0.4, 0.5) is 13.2 Å². The Hall–Kier alpha value is -0.900. The molecule has 6 fully saturated rings. The minimum atomic E-state index is -4.18. The second kappa shape index (κ2) is 6.80. The molecule has 164 valence electrons. The molecule has 6 aliphatic rings. The van der Waals surface area contributed by atoms with Gasteiger partial charge in [-0.25, -0.2) is 0 Å². The van der Waals surface area contributed by atoms with Gasteiger partial charge in [-0.2, -0.15) is 13.2 Å². The van der Waals surface area contributed by atoms with Gasteiger partial charge in [0.25, 0.3) is 0 Å². The van der Waals surface area contributed by atoms with E-state index in [0.29, 0.717) is 12.1 Å². The molecule has 6 aliphatic heterocycles. The number of nitrogens with zero attached hydrogens (tertiary/aromatic N) is 1. The first-order valence-electron chi connectivity index (χ1n) is 11.0. The van der Waals surface area contributed by atoms with Crippen LogP contribution in [0.2, 0.25) is 0 Å². The van der Waals surface area contributed by atoms with E-state index in [2.05, 4.69) is 26.2 Å². The third kappa shape index (κ3) is 3.38. The average Bonchev–Trinajstić information content (AvgIpc) is 2.89. The monoisotopic (exact) mass is 415 g/mol. The lowest BCUT2D eigenvalue weighted by Crippen LogP contribution is -2.71. The van der Waals surface area contributed by atoms with E-state index in [1.54, 1.807) is 0 Å². The summed E-state index contributed by atoms with van der Waals surface area (Å²) in [5.41, 5.74) is -0.582. The summed E-state index contributed by atoms with van der Waals surface area (Å²) in [5.74, 6) is -1.26. The molecule has 1 amide bonds. The first-order valence-corrected chi connectivity index (χ1v) is 11.0. The average molecular weight is 416 g/mol. The number of hydrogen-bond donors (Lipinski definition) is 4. The molecule has 4 N–H and O–H groups in total. The number of alkyl halides is 3. The molecule has 0 aliphatic carbocycles. The lowest BCUT2D eigenvalue weighted by Gasteiger charge is -2.54. The Morgan fingerprint density at radius 2 is 1.76 bits per heavy atom. The fourth-order valence-corrected chi connectivity index (χ4v) is 6.66. The molecule has 29 heavy (non-hydrogen) atoms. The summed E-state index contributed by atoms with van der Waals surface area (Å²) in [6.07, 6.45) is -2.41. The summed E-state index contributed by atoms with van der Waals surface area (Å²) in [6.45, 7) is 6.21. The van der Waals surface area contributed by atoms with Crippen molar-refractivity contribution in [3.8, 4) is 0 Å². The maximum Gasteiger partial charge on any atom is 0.391 e. The zero-order valence-electron chi connectivity index (χ0n) is 17.1. The SMILES string of the molecule is CC1(C)C(=O)NC2NCCC(C3CC(C(F)(F)F)CC(N4CC5CC(C4)N5)N3)C21. The third-order valence-corrected chi connectivity index (χ3v) is 8.19. The number of hydrogen-bond acceptors (Lipinski definition) is 5. The standard InChI is InChI=1S/C20H32F3N5O/c1-19(2)16-13(3-4-24-17(16)27-18(19)29)14-5-10(20(21,22)23)6-15(26-14)28-8-11-7-12(9-28)25-11/h10-17,24-26H,3-9H2,1-2H3,(H,27,29). The van der Waals surface area contributed by atoms with E-state index in [1.807, 2.05) is 13.8 Å². The lowest BCUT2D eigenvalue weighted by atomic mass is 9.65. The molecular weight excluding hydrogens is 383 g/mol. The Balaban J connectivity index is 1.39. The van der Waals surface area contributed by atoms with E-state index in [-0.39, 0.29) is 49.0 Å². The zero-order chi connectivity index (χ0) is 20.6. The van der Waals surface area contributed by atoms with Crippen LogP contribution in [0.5, 0.6) is 0 Å². The van der Waals surface area contributed by atoms with E-state index in [0.717, 1.165) is 32.5 Å². The van der Waals surface area contributed by atoms with Crippen molar-refractivity contribution < 1.29 is 18.0 Å². The van der Waals surface area contributed by atoms with Crippen LogP contribution in [0, 0.1) is 23.2 Å². The fraction of sp³-hybridized carbons (Fsp3) is 0.950. The van der Waals surface area contributed by atoms with Gasteiger partial charge in [0.15, 0.2) is 0 Å². The third-order valence-electron chi connectivity index (χ3n) is 8.19. The van der Waals surface area contributed by atoms with Gasteiger partial charge in [0.2, 0.25) is 5.91 Å². The van der Waals surface area contributed by atoms with Crippen LogP contribution < -0.4 is 21.3 Å². The molecule has 2 bridgehead atoms. The Bertz CT molecular complexity index is 655. The first kappa shape index (κ1) is 20.0. The molecule has 0 aromatic rings. The predicted octanol–water partition coefficient (Wildman–Crippen LogP) is 0.997. The number of piperidine rings is 3. The highest BCUT2D eigenvalue weighted by atomic mass is 19.4. The number of halogens is 3. The Labute approximate surface area is 169 Å². The molecule has 0 radical (unpaired) electrons. The van der Waals surface area contributed by atoms with Crippen molar-refractivity contribution in [2.24, 2.45) is 23.2 Å². The zero-order valence-corrected chi connectivity index (χ0v) is 17.1. The molecule has 6 heterocycles. The predicted molar refractivity (Wildman–Crippen MR) is 102 cm³/mol. The van der Waals surface area contributed by atoms with Crippen molar-refractivity contribution in [3.63, 3.8) is 0 Å². The lowest BCUT2D eigenvalue weighted by molar-refractivity contribution is -0.195. The van der Waals surface area contributed by atoms with E-state index >= 15 is 0 Å². The molecule has 0 aromatic heterocycles. The van der Waals surface area contributed by atoms with Crippen molar-refractivity contribution in [2.45, 2.75) is 76.2 Å². The van der Waals surface area contributed by atoms with E-state index in [4.69, 9.17) is 0 Å². The van der Waals surface area contributed by atoms with Gasteiger partial charge >= 0.3 is 6.18 Å². The summed E-state index contributed by atoms with van der Waals surface area (Å²) in [5, 5.41) is 13.5. The van der Waals surface area contributed by atoms with Crippen LogP contribution in [0.15, 0.2) is 0 Å². The summed E-state index contributed by atoms with van der Waals surface area (Å²) >= 11 is 0. The Morgan fingerprint density at radius 3 is 2.41 bits per heavy atom. The molecule has 8 atom stereocenters. The van der Waals surface area contributed by atoms with Crippen LogP contribution >= 0.6 is 0 Å². The number of piperazine rings is 1. The number of carbonyl (C=O) groups excluding carboxylic acids is 1. The summed E-state index contributed by atoms with van der Waals surface area (Å²) in [6, 6.07) is 0.603. The normalized spacial score (nSPS) is 47.3. The van der Waals surface area contributed by atoms with Crippen molar-refractivity contribution in [3.05, 3.63) is 0 Å². The van der Waals surface area contributed by atoms with Gasteiger partial charge in [-0.3, -0.25) is 20.3 Å². The van der Waals surface area contributed by atoms with Gasteiger partial charge in [0.1, 0.15) is 0 Å². The highest BCUT2D eigenvalue weighted by Crippen LogP contribution is 2.47. The fourth-order valence-electron chi connectivity index (χ4n) is 6.66. The number of fused-ring (bicyclic) bond motifs is 3. The van der Waals surface area contributed by atoms with Crippen molar-refractivity contribution in [2.75, 3.05) is 19.6 Å². The molecule has 6 rings (SSSR count). The maximum absolute atomic E-state index is 13.9. The van der Waals surface area contributed by atoms with E-state index in [1.165, 1.54) is 0 Å². The molecule has 9 heteroatoms. The number of amides is 1. The van der Waals surface area contributed by atoms with Crippen molar-refractivity contribution in [1.29, 1.82) is 0 Å². The Morgan fingerprint density at radius 1 is 1.07 bits per heavy atom. The second-order valence-electron chi connectivity index (χ2n) is 10.4. The largest absolute Gasteiger partial charge is 0.391 e. The minimum Gasteiger partial charge on any atom is -0.340 e. The van der Waals surface area contributed by atoms with Gasteiger partial charge in [0, 0.05) is 42.5 Å². The van der Waals surface area contributed by atoms with Crippen LogP contribution in [-0.2, 0) is 4.79 Å². The minimum absolute atomic E-state index is 0.00572. The summed E-state index contributed by atoms with van der Waals surface area (Å²) < 4.78 is 41.6. The topological polar surface area (TPSA) is 68.4 Å². The van der Waals surface area contributed by atoms with Crippen molar-refractivity contribution in [1.82, 2.24) is 26.2 Å². The van der Waals surface area contributed by atoms with Crippen LogP contribution in [0.3, 0.4) is 0 Å². The van der Waals surface area contributed by atoms with E-state index < -0.39 is 17.5 Å². The molecule has 8 unspecified atom stereocenters. The van der Waals surface area contributed by atoms with Gasteiger partial charge < -0.3 is 10.6 Å². The van der Waals surface area contributed by atoms with E-state index in [9.17, 15) is 18.0 Å². The van der Waals surface area contributed by atoms with Crippen LogP contribution in [0.1, 0.15) is 39.5 Å². The van der Waals surface area contributed by atoms with Crippen LogP contribution in [0.25, 0.3) is 0 Å². The molecule has 6 nitrogen and oxygen atoms in total. The van der Waals surface area contributed by atoms with Crippen LogP contribution in [-0.4, -0.2) is 67.1 Å². The second-order valence-corrected chi connectivity index (χ2v) is 10.4. The molecule has 0 spiro atoms. The molecule has 6 saturated heterocycles.